The van der Waals surface area contributed by atoms with E-state index in [2.05, 4.69) is 67.8 Å². The first-order chi connectivity index (χ1) is 31.2. The molecule has 1 saturated heterocycles. The zero-order chi connectivity index (χ0) is 46.9. The topological polar surface area (TPSA) is 270 Å². The molecule has 17 heteroatoms. The summed E-state index contributed by atoms with van der Waals surface area (Å²) in [5.41, 5.74) is 14.1. The lowest BCUT2D eigenvalue weighted by atomic mass is 9.84. The van der Waals surface area contributed by atoms with Crippen molar-refractivity contribution in [3.63, 3.8) is 0 Å². The minimum absolute atomic E-state index is 0.0339. The third kappa shape index (κ3) is 14.0. The van der Waals surface area contributed by atoms with Crippen LogP contribution in [0.5, 0.6) is 0 Å². The average Bonchev–Trinajstić information content (AvgIpc) is 3.70. The van der Waals surface area contributed by atoms with Gasteiger partial charge in [-0.25, -0.2) is 0 Å². The number of aromatic nitrogens is 1. The lowest BCUT2D eigenvalue weighted by Gasteiger charge is -2.43. The van der Waals surface area contributed by atoms with Crippen molar-refractivity contribution in [2.75, 3.05) is 31.1 Å². The summed E-state index contributed by atoms with van der Waals surface area (Å²) in [7, 11) is 0. The van der Waals surface area contributed by atoms with Crippen molar-refractivity contribution in [3.8, 4) is 0 Å². The molecule has 3 atom stereocenters. The van der Waals surface area contributed by atoms with Gasteiger partial charge in [0.2, 0.25) is 35.4 Å². The second-order valence-corrected chi connectivity index (χ2v) is 17.0. The molecule has 1 fully saturated rings. The van der Waals surface area contributed by atoms with Crippen LogP contribution in [0.4, 0.5) is 5.69 Å². The minimum Gasteiger partial charge on any atom is -0.371 e. The summed E-state index contributed by atoms with van der Waals surface area (Å²) < 4.78 is 0. The second-order valence-electron chi connectivity index (χ2n) is 17.0. The number of rotatable bonds is 23. The number of fused-ring (bicyclic) bond motifs is 1. The van der Waals surface area contributed by atoms with E-state index < -0.39 is 59.7 Å². The van der Waals surface area contributed by atoms with Crippen molar-refractivity contribution in [1.82, 2.24) is 36.9 Å². The van der Waals surface area contributed by atoms with Crippen LogP contribution in [0, 0.1) is 5.41 Å². The van der Waals surface area contributed by atoms with E-state index in [-0.39, 0.29) is 69.3 Å². The van der Waals surface area contributed by atoms with Gasteiger partial charge in [-0.3, -0.25) is 34.2 Å². The molecule has 12 N–H and O–H groups in total. The first-order valence-corrected chi connectivity index (χ1v) is 22.5. The third-order valence-corrected chi connectivity index (χ3v) is 11.8. The van der Waals surface area contributed by atoms with Crippen LogP contribution in [-0.4, -0.2) is 96.2 Å². The van der Waals surface area contributed by atoms with Crippen LogP contribution in [0.15, 0.2) is 85.1 Å². The molecule has 0 saturated carbocycles. The average molecular weight is 892 g/mol. The number of hydrogen-bond donors (Lipinski definition) is 10. The van der Waals surface area contributed by atoms with Crippen LogP contribution in [0.2, 0.25) is 0 Å². The Morgan fingerprint density at radius 3 is 2.11 bits per heavy atom. The summed E-state index contributed by atoms with van der Waals surface area (Å²) in [6.07, 6.45) is 4.43. The number of carbonyl (C=O) groups is 6. The van der Waals surface area contributed by atoms with Gasteiger partial charge in [-0.05, 0) is 66.8 Å². The van der Waals surface area contributed by atoms with Crippen molar-refractivity contribution in [3.05, 3.63) is 102 Å². The first-order valence-electron chi connectivity index (χ1n) is 22.5. The smallest absolute Gasteiger partial charge is 0.246 e. The highest BCUT2D eigenvalue weighted by atomic mass is 16.2. The number of nitrogens with one attached hydrogen (secondary N) is 8. The molecule has 5 rings (SSSR count). The summed E-state index contributed by atoms with van der Waals surface area (Å²) in [5, 5.41) is 25.4. The maximum Gasteiger partial charge on any atom is 0.246 e. The van der Waals surface area contributed by atoms with Gasteiger partial charge in [0.05, 0.1) is 6.54 Å². The van der Waals surface area contributed by atoms with E-state index in [0.29, 0.717) is 19.5 Å². The number of H-pyrrole nitrogens is 1. The Hall–Kier alpha value is -6.91. The number of amides is 6. The predicted molar refractivity (Wildman–Crippen MR) is 252 cm³/mol. The van der Waals surface area contributed by atoms with Crippen LogP contribution in [0.1, 0.15) is 88.3 Å². The molecule has 6 amide bonds. The highest BCUT2D eigenvalue weighted by Crippen LogP contribution is 2.33. The Kier molecular flexibility index (Phi) is 17.9. The summed E-state index contributed by atoms with van der Waals surface area (Å²) in [6.45, 7) is 6.96. The van der Waals surface area contributed by atoms with Gasteiger partial charge >= 0.3 is 0 Å². The fourth-order valence-electron chi connectivity index (χ4n) is 8.19. The van der Waals surface area contributed by atoms with E-state index in [0.717, 1.165) is 34.1 Å². The number of nitrogens with two attached hydrogens (primary N) is 2. The van der Waals surface area contributed by atoms with E-state index in [1.807, 2.05) is 73.7 Å². The SMILES string of the molecule is CCCCC(=O)NC1(C(=O)N[C@H](Cc2ccccc2)C(=O)N[C@@H](CCCNC(=N)N)C(=O)N[C@@H](Cc2c[nH]c3ccccc23)C(=O)NCC(N)=O)CCN(c2ccccc2C(C)C)CC1. The lowest BCUT2D eigenvalue weighted by Crippen LogP contribution is -2.66. The van der Waals surface area contributed by atoms with Gasteiger partial charge in [-0.1, -0.05) is 93.9 Å². The number of primary amides is 1. The number of para-hydroxylation sites is 2. The number of anilines is 1. The molecular formula is C48H65N11O6. The van der Waals surface area contributed by atoms with Crippen molar-refractivity contribution in [2.45, 2.75) is 108 Å². The normalized spacial score (nSPS) is 14.7. The maximum absolute atomic E-state index is 14.8. The highest BCUT2D eigenvalue weighted by Gasteiger charge is 2.44. The third-order valence-electron chi connectivity index (χ3n) is 11.8. The fourth-order valence-corrected chi connectivity index (χ4v) is 8.19. The summed E-state index contributed by atoms with van der Waals surface area (Å²) in [5.74, 6) is -3.54. The molecule has 2 heterocycles. The number of benzene rings is 3. The van der Waals surface area contributed by atoms with Crippen LogP contribution in [0.25, 0.3) is 10.9 Å². The van der Waals surface area contributed by atoms with Gasteiger partial charge in [0.25, 0.3) is 0 Å². The summed E-state index contributed by atoms with van der Waals surface area (Å²) in [4.78, 5) is 87.8. The summed E-state index contributed by atoms with van der Waals surface area (Å²) in [6, 6.07) is 21.2. The number of guanidine groups is 1. The molecule has 1 aliphatic rings. The Labute approximate surface area is 380 Å². The Balaban J connectivity index is 1.42. The minimum atomic E-state index is -1.33. The lowest BCUT2D eigenvalue weighted by molar-refractivity contribution is -0.138. The van der Waals surface area contributed by atoms with Gasteiger partial charge in [0.1, 0.15) is 23.7 Å². The molecule has 0 bridgehead atoms. The van der Waals surface area contributed by atoms with Gasteiger partial charge < -0.3 is 53.3 Å². The Bertz CT molecular complexity index is 2270. The molecule has 0 spiro atoms. The van der Waals surface area contributed by atoms with E-state index >= 15 is 0 Å². The molecular weight excluding hydrogens is 827 g/mol. The number of hydrogen-bond acceptors (Lipinski definition) is 8. The quantitative estimate of drug-likeness (QED) is 0.0298. The molecule has 17 nitrogen and oxygen atoms in total. The van der Waals surface area contributed by atoms with Crippen molar-refractivity contribution in [1.29, 1.82) is 5.41 Å². The van der Waals surface area contributed by atoms with Gasteiger partial charge in [0.15, 0.2) is 5.96 Å². The molecule has 1 aliphatic heterocycles. The second kappa shape index (κ2) is 23.7. The molecule has 4 aromatic rings. The number of carbonyl (C=O) groups excluding carboxylic acids is 6. The standard InChI is InChI=1S/C48H65N11O6/c1-4-5-21-42(61)58-48(22-25-59(26-23-48)40-20-12-10-16-34(40)31(2)3)46(65)57-38(27-32-14-7-6-8-15-32)45(64)55-37(19-13-24-52-47(50)51)44(63)56-39(43(62)54-30-41(49)60)28-33-29-53-36-18-11-9-17-35(33)36/h6-12,14-18,20,29,31,37-39,53H,4-5,13,19,21-28,30H2,1-3H3,(H2,49,60)(H,54,62)(H,55,64)(H,56,63)(H,57,65)(H,58,61)(H4,50,51,52)/t37-,38+,39-/m0/s1. The molecule has 0 unspecified atom stereocenters. The van der Waals surface area contributed by atoms with Crippen LogP contribution in [-0.2, 0) is 41.6 Å². The largest absolute Gasteiger partial charge is 0.371 e. The van der Waals surface area contributed by atoms with E-state index in [1.54, 1.807) is 6.20 Å². The van der Waals surface area contributed by atoms with Crippen molar-refractivity contribution >= 4 is 58.0 Å². The number of nitrogens with zero attached hydrogens (tertiary/aromatic N) is 1. The van der Waals surface area contributed by atoms with Gasteiger partial charge in [-0.15, -0.1) is 0 Å². The van der Waals surface area contributed by atoms with Crippen molar-refractivity contribution < 1.29 is 28.8 Å². The first kappa shape index (κ1) is 49.1. The van der Waals surface area contributed by atoms with Gasteiger partial charge in [0, 0.05) is 61.7 Å². The molecule has 0 radical (unpaired) electrons. The molecule has 348 valence electrons. The fraction of sp³-hybridized carbons (Fsp3) is 0.438. The monoisotopic (exact) mass is 892 g/mol. The maximum atomic E-state index is 14.8. The van der Waals surface area contributed by atoms with Crippen molar-refractivity contribution in [2.24, 2.45) is 11.5 Å². The molecule has 3 aromatic carbocycles. The van der Waals surface area contributed by atoms with Crippen LogP contribution < -0.4 is 48.3 Å². The van der Waals surface area contributed by atoms with E-state index in [1.165, 1.54) is 5.56 Å². The van der Waals surface area contributed by atoms with E-state index in [9.17, 15) is 28.8 Å². The number of piperidine rings is 1. The molecule has 65 heavy (non-hydrogen) atoms. The van der Waals surface area contributed by atoms with E-state index in [4.69, 9.17) is 16.9 Å². The zero-order valence-electron chi connectivity index (χ0n) is 37.6. The van der Waals surface area contributed by atoms with Crippen LogP contribution in [0.3, 0.4) is 0 Å². The summed E-state index contributed by atoms with van der Waals surface area (Å²) >= 11 is 0. The Morgan fingerprint density at radius 2 is 1.42 bits per heavy atom. The zero-order valence-corrected chi connectivity index (χ0v) is 37.6. The highest BCUT2D eigenvalue weighted by molar-refractivity contribution is 5.98. The number of unbranched alkanes of at least 4 members (excludes halogenated alkanes) is 1. The Morgan fingerprint density at radius 1 is 0.769 bits per heavy atom. The molecule has 0 aliphatic carbocycles. The predicted octanol–water partition coefficient (Wildman–Crippen LogP) is 2.74. The molecule has 1 aromatic heterocycles. The van der Waals surface area contributed by atoms with Gasteiger partial charge in [-0.2, -0.15) is 0 Å². The van der Waals surface area contributed by atoms with Crippen LogP contribution >= 0.6 is 0 Å². The number of aromatic amines is 1.